The van der Waals surface area contributed by atoms with Crippen molar-refractivity contribution < 1.29 is 0 Å². The van der Waals surface area contributed by atoms with Gasteiger partial charge >= 0.3 is 0 Å². The van der Waals surface area contributed by atoms with Crippen molar-refractivity contribution in [3.63, 3.8) is 0 Å². The highest BCUT2D eigenvalue weighted by Crippen LogP contribution is 2.31. The number of rotatable bonds is 2. The van der Waals surface area contributed by atoms with Gasteiger partial charge < -0.3 is 5.32 Å². The van der Waals surface area contributed by atoms with Crippen LogP contribution in [0.4, 0.5) is 0 Å². The lowest BCUT2D eigenvalue weighted by atomic mass is 10.0. The summed E-state index contributed by atoms with van der Waals surface area (Å²) in [6.45, 7) is 1.08. The van der Waals surface area contributed by atoms with Crippen LogP contribution in [0.25, 0.3) is 0 Å². The van der Waals surface area contributed by atoms with Crippen molar-refractivity contribution in [2.24, 2.45) is 0 Å². The second-order valence-electron chi connectivity index (χ2n) is 3.37. The van der Waals surface area contributed by atoms with E-state index in [1.54, 1.807) is 0 Å². The standard InChI is InChI=1S/C10H14N2/c1-11-6-9-3-2-8-4-5-12-7-10(8)9/h4-5,7,9,11H,2-3,6H2,1H3. The van der Waals surface area contributed by atoms with Gasteiger partial charge in [0.05, 0.1) is 0 Å². The van der Waals surface area contributed by atoms with Crippen LogP contribution in [0.2, 0.25) is 0 Å². The molecule has 0 bridgehead atoms. The molecule has 64 valence electrons. The van der Waals surface area contributed by atoms with E-state index < -0.39 is 0 Å². The fourth-order valence-electron chi connectivity index (χ4n) is 1.97. The summed E-state index contributed by atoms with van der Waals surface area (Å²) in [6.07, 6.45) is 6.41. The second-order valence-corrected chi connectivity index (χ2v) is 3.37. The molecule has 1 aliphatic carbocycles. The van der Waals surface area contributed by atoms with Gasteiger partial charge in [0.25, 0.3) is 0 Å². The number of likely N-dealkylation sites (N-methyl/N-ethyl adjacent to an activating group) is 1. The molecule has 0 saturated heterocycles. The molecule has 0 spiro atoms. The van der Waals surface area contributed by atoms with Gasteiger partial charge in [-0.15, -0.1) is 0 Å². The first kappa shape index (κ1) is 7.74. The Morgan fingerprint density at radius 3 is 3.42 bits per heavy atom. The molecule has 1 heterocycles. The lowest BCUT2D eigenvalue weighted by molar-refractivity contribution is 0.622. The molecule has 2 nitrogen and oxygen atoms in total. The Hall–Kier alpha value is -0.890. The number of fused-ring (bicyclic) bond motifs is 1. The Balaban J connectivity index is 2.24. The third-order valence-corrected chi connectivity index (χ3v) is 2.60. The summed E-state index contributed by atoms with van der Waals surface area (Å²) in [5.41, 5.74) is 2.94. The normalized spacial score (nSPS) is 20.9. The van der Waals surface area contributed by atoms with Crippen molar-refractivity contribution in [2.45, 2.75) is 18.8 Å². The average Bonchev–Trinajstić information content (AvgIpc) is 2.50. The number of nitrogens with zero attached hydrogens (tertiary/aromatic N) is 1. The molecule has 1 unspecified atom stereocenters. The molecule has 12 heavy (non-hydrogen) atoms. The maximum Gasteiger partial charge on any atom is 0.0305 e. The van der Waals surface area contributed by atoms with Crippen LogP contribution >= 0.6 is 0 Å². The maximum atomic E-state index is 4.16. The second kappa shape index (κ2) is 3.23. The molecular weight excluding hydrogens is 148 g/mol. The summed E-state index contributed by atoms with van der Waals surface area (Å²) in [4.78, 5) is 4.16. The molecule has 0 amide bonds. The molecule has 1 aromatic rings. The number of pyridine rings is 1. The summed E-state index contributed by atoms with van der Waals surface area (Å²) in [5.74, 6) is 0.693. The molecular formula is C10H14N2. The first-order valence-electron chi connectivity index (χ1n) is 4.49. The fraction of sp³-hybridized carbons (Fsp3) is 0.500. The maximum absolute atomic E-state index is 4.16. The van der Waals surface area contributed by atoms with Crippen LogP contribution in [0.3, 0.4) is 0 Å². The molecule has 2 heteroatoms. The van der Waals surface area contributed by atoms with E-state index in [4.69, 9.17) is 0 Å². The molecule has 1 N–H and O–H groups in total. The zero-order valence-electron chi connectivity index (χ0n) is 7.38. The zero-order valence-corrected chi connectivity index (χ0v) is 7.38. The minimum atomic E-state index is 0.693. The van der Waals surface area contributed by atoms with Crippen LogP contribution in [0.15, 0.2) is 18.5 Å². The molecule has 0 aromatic carbocycles. The highest BCUT2D eigenvalue weighted by Gasteiger charge is 2.20. The van der Waals surface area contributed by atoms with E-state index >= 15 is 0 Å². The van der Waals surface area contributed by atoms with E-state index in [1.165, 1.54) is 24.0 Å². The largest absolute Gasteiger partial charge is 0.319 e. The van der Waals surface area contributed by atoms with Gasteiger partial charge in [-0.05, 0) is 43.0 Å². The van der Waals surface area contributed by atoms with Gasteiger partial charge in [0, 0.05) is 18.9 Å². The molecule has 0 radical (unpaired) electrons. The van der Waals surface area contributed by atoms with Crippen LogP contribution in [0.5, 0.6) is 0 Å². The fourth-order valence-corrected chi connectivity index (χ4v) is 1.97. The van der Waals surface area contributed by atoms with Gasteiger partial charge in [0.2, 0.25) is 0 Å². The number of aryl methyl sites for hydroxylation is 1. The van der Waals surface area contributed by atoms with Gasteiger partial charge in [-0.25, -0.2) is 0 Å². The number of nitrogens with one attached hydrogen (secondary N) is 1. The summed E-state index contributed by atoms with van der Waals surface area (Å²) < 4.78 is 0. The van der Waals surface area contributed by atoms with Crippen molar-refractivity contribution in [1.82, 2.24) is 10.3 Å². The van der Waals surface area contributed by atoms with Crippen LogP contribution in [0.1, 0.15) is 23.5 Å². The highest BCUT2D eigenvalue weighted by molar-refractivity contribution is 5.32. The summed E-state index contributed by atoms with van der Waals surface area (Å²) in [5, 5.41) is 3.22. The van der Waals surface area contributed by atoms with Gasteiger partial charge in [0.1, 0.15) is 0 Å². The Morgan fingerprint density at radius 1 is 1.67 bits per heavy atom. The van der Waals surface area contributed by atoms with Gasteiger partial charge in [-0.1, -0.05) is 0 Å². The molecule has 0 aliphatic heterocycles. The van der Waals surface area contributed by atoms with E-state index in [0.717, 1.165) is 6.54 Å². The van der Waals surface area contributed by atoms with Gasteiger partial charge in [-0.2, -0.15) is 0 Å². The van der Waals surface area contributed by atoms with E-state index in [1.807, 2.05) is 19.4 Å². The number of hydrogen-bond acceptors (Lipinski definition) is 2. The molecule has 0 saturated carbocycles. The highest BCUT2D eigenvalue weighted by atomic mass is 14.8. The molecule has 1 aromatic heterocycles. The lowest BCUT2D eigenvalue weighted by Gasteiger charge is -2.08. The van der Waals surface area contributed by atoms with Gasteiger partial charge in [-0.3, -0.25) is 4.98 Å². The predicted octanol–water partition coefficient (Wildman–Crippen LogP) is 1.33. The van der Waals surface area contributed by atoms with Crippen molar-refractivity contribution in [3.05, 3.63) is 29.6 Å². The molecule has 1 atom stereocenters. The van der Waals surface area contributed by atoms with Crippen LogP contribution in [-0.4, -0.2) is 18.6 Å². The SMILES string of the molecule is CNCC1CCc2ccncc21. The van der Waals surface area contributed by atoms with Crippen LogP contribution < -0.4 is 5.32 Å². The van der Waals surface area contributed by atoms with Crippen molar-refractivity contribution in [3.8, 4) is 0 Å². The van der Waals surface area contributed by atoms with E-state index in [-0.39, 0.29) is 0 Å². The van der Waals surface area contributed by atoms with Crippen LogP contribution in [0, 0.1) is 0 Å². The molecule has 0 fully saturated rings. The summed E-state index contributed by atoms with van der Waals surface area (Å²) in [6, 6.07) is 2.14. The first-order valence-corrected chi connectivity index (χ1v) is 4.49. The average molecular weight is 162 g/mol. The van der Waals surface area contributed by atoms with Crippen molar-refractivity contribution >= 4 is 0 Å². The number of hydrogen-bond donors (Lipinski definition) is 1. The third-order valence-electron chi connectivity index (χ3n) is 2.60. The zero-order chi connectivity index (χ0) is 8.39. The summed E-state index contributed by atoms with van der Waals surface area (Å²) >= 11 is 0. The minimum absolute atomic E-state index is 0.693. The Kier molecular flexibility index (Phi) is 2.09. The van der Waals surface area contributed by atoms with Crippen LogP contribution in [-0.2, 0) is 6.42 Å². The predicted molar refractivity (Wildman–Crippen MR) is 49.2 cm³/mol. The first-order chi connectivity index (χ1) is 5.92. The lowest BCUT2D eigenvalue weighted by Crippen LogP contribution is -2.15. The quantitative estimate of drug-likeness (QED) is 0.709. The van der Waals surface area contributed by atoms with E-state index in [2.05, 4.69) is 16.4 Å². The summed E-state index contributed by atoms with van der Waals surface area (Å²) in [7, 11) is 2.01. The number of aromatic nitrogens is 1. The van der Waals surface area contributed by atoms with Crippen molar-refractivity contribution in [2.75, 3.05) is 13.6 Å². The molecule has 2 rings (SSSR count). The molecule has 1 aliphatic rings. The third kappa shape index (κ3) is 1.23. The Labute approximate surface area is 73.0 Å². The van der Waals surface area contributed by atoms with E-state index in [0.29, 0.717) is 5.92 Å². The monoisotopic (exact) mass is 162 g/mol. The smallest absolute Gasteiger partial charge is 0.0305 e. The van der Waals surface area contributed by atoms with Gasteiger partial charge in [0.15, 0.2) is 0 Å². The van der Waals surface area contributed by atoms with E-state index in [9.17, 15) is 0 Å². The minimum Gasteiger partial charge on any atom is -0.319 e. The topological polar surface area (TPSA) is 24.9 Å². The Morgan fingerprint density at radius 2 is 2.58 bits per heavy atom. The Bertz CT molecular complexity index is 268. The van der Waals surface area contributed by atoms with Crippen molar-refractivity contribution in [1.29, 1.82) is 0 Å².